The molecule has 1 aromatic heterocycles. The molecule has 1 amide bonds. The van der Waals surface area contributed by atoms with Gasteiger partial charge in [0.15, 0.2) is 0 Å². The fourth-order valence-corrected chi connectivity index (χ4v) is 3.33. The average Bonchev–Trinajstić information content (AvgIpc) is 2.81. The number of aryl methyl sites for hydroxylation is 1. The van der Waals surface area contributed by atoms with Crippen molar-refractivity contribution in [2.75, 3.05) is 13.1 Å². The Hall–Kier alpha value is -1.64. The number of hydrogen-bond acceptors (Lipinski definition) is 2. The van der Waals surface area contributed by atoms with E-state index in [9.17, 15) is 4.79 Å². The third kappa shape index (κ3) is 2.29. The molecular formula is C16H20N2O. The molecule has 0 bridgehead atoms. The van der Waals surface area contributed by atoms with Gasteiger partial charge in [-0.25, -0.2) is 0 Å². The zero-order valence-corrected chi connectivity index (χ0v) is 11.6. The van der Waals surface area contributed by atoms with Crippen molar-refractivity contribution in [1.82, 2.24) is 9.88 Å². The average molecular weight is 256 g/mol. The highest BCUT2D eigenvalue weighted by molar-refractivity contribution is 5.95. The van der Waals surface area contributed by atoms with Crippen LogP contribution in [0.5, 0.6) is 0 Å². The van der Waals surface area contributed by atoms with Crippen LogP contribution in [0.25, 0.3) is 0 Å². The van der Waals surface area contributed by atoms with Gasteiger partial charge >= 0.3 is 0 Å². The molecule has 0 unspecified atom stereocenters. The van der Waals surface area contributed by atoms with Gasteiger partial charge in [-0.1, -0.05) is 11.6 Å². The smallest absolute Gasteiger partial charge is 0.255 e. The lowest BCUT2D eigenvalue weighted by Gasteiger charge is -2.21. The Bertz CT molecular complexity index is 535. The first-order valence-corrected chi connectivity index (χ1v) is 7.01. The van der Waals surface area contributed by atoms with Crippen LogP contribution >= 0.6 is 0 Å². The third-order valence-corrected chi connectivity index (χ3v) is 4.45. The summed E-state index contributed by atoms with van der Waals surface area (Å²) < 4.78 is 0. The largest absolute Gasteiger partial charge is 0.338 e. The molecule has 3 heteroatoms. The Kier molecular flexibility index (Phi) is 3.13. The van der Waals surface area contributed by atoms with Gasteiger partial charge in [-0.15, -0.1) is 0 Å². The van der Waals surface area contributed by atoms with Gasteiger partial charge in [-0.3, -0.25) is 9.78 Å². The van der Waals surface area contributed by atoms with E-state index in [-0.39, 0.29) is 5.91 Å². The predicted octanol–water partition coefficient (Wildman–Crippen LogP) is 2.82. The number of fused-ring (bicyclic) bond motifs is 1. The van der Waals surface area contributed by atoms with Crippen LogP contribution < -0.4 is 0 Å². The van der Waals surface area contributed by atoms with Gasteiger partial charge in [-0.05, 0) is 50.7 Å². The Labute approximate surface area is 114 Å². The van der Waals surface area contributed by atoms with Crippen molar-refractivity contribution in [3.05, 3.63) is 41.2 Å². The van der Waals surface area contributed by atoms with E-state index in [0.29, 0.717) is 11.8 Å². The molecule has 3 rings (SSSR count). The maximum absolute atomic E-state index is 12.6. The molecule has 2 aliphatic rings. The maximum atomic E-state index is 12.6. The van der Waals surface area contributed by atoms with Crippen molar-refractivity contribution in [2.24, 2.45) is 11.8 Å². The van der Waals surface area contributed by atoms with E-state index in [1.165, 1.54) is 5.57 Å². The highest BCUT2D eigenvalue weighted by Crippen LogP contribution is 2.36. The number of carbonyl (C=O) groups excluding carboxylic acids is 1. The zero-order valence-electron chi connectivity index (χ0n) is 11.6. The van der Waals surface area contributed by atoms with Crippen molar-refractivity contribution in [2.45, 2.75) is 26.7 Å². The first kappa shape index (κ1) is 12.4. The summed E-state index contributed by atoms with van der Waals surface area (Å²) >= 11 is 0. The van der Waals surface area contributed by atoms with E-state index in [2.05, 4.69) is 18.0 Å². The number of aromatic nitrogens is 1. The molecule has 1 aromatic rings. The lowest BCUT2D eigenvalue weighted by Crippen LogP contribution is -2.29. The highest BCUT2D eigenvalue weighted by Gasteiger charge is 2.36. The van der Waals surface area contributed by atoms with Gasteiger partial charge in [-0.2, -0.15) is 0 Å². The second kappa shape index (κ2) is 4.80. The Morgan fingerprint density at radius 1 is 1.32 bits per heavy atom. The fourth-order valence-electron chi connectivity index (χ4n) is 3.33. The van der Waals surface area contributed by atoms with Gasteiger partial charge < -0.3 is 4.90 Å². The lowest BCUT2D eigenvalue weighted by molar-refractivity contribution is 0.0783. The summed E-state index contributed by atoms with van der Waals surface area (Å²) in [6.07, 6.45) is 6.36. The number of likely N-dealkylation sites (tertiary alicyclic amines) is 1. The van der Waals surface area contributed by atoms with E-state index >= 15 is 0 Å². The second-order valence-electron chi connectivity index (χ2n) is 5.86. The predicted molar refractivity (Wildman–Crippen MR) is 74.8 cm³/mol. The van der Waals surface area contributed by atoms with Gasteiger partial charge in [0.25, 0.3) is 5.91 Å². The quantitative estimate of drug-likeness (QED) is 0.724. The van der Waals surface area contributed by atoms with Crippen LogP contribution in [0.3, 0.4) is 0 Å². The van der Waals surface area contributed by atoms with Crippen molar-refractivity contribution >= 4 is 5.91 Å². The number of nitrogens with zero attached hydrogens (tertiary/aromatic N) is 2. The Balaban J connectivity index is 1.76. The summed E-state index contributed by atoms with van der Waals surface area (Å²) in [6.45, 7) is 5.92. The number of allylic oxidation sites excluding steroid dienone is 2. The minimum absolute atomic E-state index is 0.151. The van der Waals surface area contributed by atoms with Crippen molar-refractivity contribution in [3.8, 4) is 0 Å². The van der Waals surface area contributed by atoms with Crippen LogP contribution in [0.2, 0.25) is 0 Å². The summed E-state index contributed by atoms with van der Waals surface area (Å²) in [5.74, 6) is 1.47. The second-order valence-corrected chi connectivity index (χ2v) is 5.86. The number of hydrogen-bond donors (Lipinski definition) is 0. The molecule has 0 aromatic carbocycles. The molecule has 19 heavy (non-hydrogen) atoms. The Morgan fingerprint density at radius 3 is 2.89 bits per heavy atom. The SMILES string of the molecule is CC1=CC[C@@H]2CN(C(=O)c3cccnc3C)C[C@@H]2C1. The van der Waals surface area contributed by atoms with Gasteiger partial charge in [0.05, 0.1) is 5.56 Å². The van der Waals surface area contributed by atoms with Crippen LogP contribution in [0.4, 0.5) is 0 Å². The molecule has 1 saturated heterocycles. The van der Waals surface area contributed by atoms with Crippen molar-refractivity contribution < 1.29 is 4.79 Å². The first-order valence-electron chi connectivity index (χ1n) is 7.01. The summed E-state index contributed by atoms with van der Waals surface area (Å²) in [4.78, 5) is 18.8. The number of carbonyl (C=O) groups is 1. The van der Waals surface area contributed by atoms with Crippen LogP contribution in [-0.4, -0.2) is 28.9 Å². The zero-order chi connectivity index (χ0) is 13.4. The molecule has 1 fully saturated rings. The molecule has 2 heterocycles. The highest BCUT2D eigenvalue weighted by atomic mass is 16.2. The molecule has 3 nitrogen and oxygen atoms in total. The van der Waals surface area contributed by atoms with Crippen LogP contribution in [0, 0.1) is 18.8 Å². The first-order chi connectivity index (χ1) is 9.15. The summed E-state index contributed by atoms with van der Waals surface area (Å²) in [6, 6.07) is 3.73. The molecule has 100 valence electrons. The number of rotatable bonds is 1. The summed E-state index contributed by atoms with van der Waals surface area (Å²) in [7, 11) is 0. The monoisotopic (exact) mass is 256 g/mol. The minimum atomic E-state index is 0.151. The minimum Gasteiger partial charge on any atom is -0.338 e. The summed E-state index contributed by atoms with van der Waals surface area (Å²) in [5.41, 5.74) is 3.07. The fraction of sp³-hybridized carbons (Fsp3) is 0.500. The van der Waals surface area contributed by atoms with E-state index < -0.39 is 0 Å². The molecule has 0 spiro atoms. The van der Waals surface area contributed by atoms with Gasteiger partial charge in [0.2, 0.25) is 0 Å². The van der Waals surface area contributed by atoms with Crippen LogP contribution in [-0.2, 0) is 0 Å². The number of pyridine rings is 1. The van der Waals surface area contributed by atoms with Gasteiger partial charge in [0.1, 0.15) is 0 Å². The molecule has 1 aliphatic carbocycles. The van der Waals surface area contributed by atoms with Crippen molar-refractivity contribution in [3.63, 3.8) is 0 Å². The third-order valence-electron chi connectivity index (χ3n) is 4.45. The molecular weight excluding hydrogens is 236 g/mol. The van der Waals surface area contributed by atoms with Crippen molar-refractivity contribution in [1.29, 1.82) is 0 Å². The summed E-state index contributed by atoms with van der Waals surface area (Å²) in [5, 5.41) is 0. The molecule has 0 saturated carbocycles. The van der Waals surface area contributed by atoms with Crippen LogP contribution in [0.1, 0.15) is 35.8 Å². The molecule has 2 atom stereocenters. The van der Waals surface area contributed by atoms with E-state index in [1.807, 2.05) is 24.0 Å². The van der Waals surface area contributed by atoms with E-state index in [0.717, 1.165) is 37.2 Å². The van der Waals surface area contributed by atoms with Crippen LogP contribution in [0.15, 0.2) is 30.0 Å². The van der Waals surface area contributed by atoms with E-state index in [4.69, 9.17) is 0 Å². The van der Waals surface area contributed by atoms with E-state index in [1.54, 1.807) is 6.20 Å². The standard InChI is InChI=1S/C16H20N2O/c1-11-5-6-13-9-18(10-14(13)8-11)16(19)15-4-3-7-17-12(15)2/h3-5,7,13-14H,6,8-10H2,1-2H3/t13-,14+/m1/s1. The Morgan fingerprint density at radius 2 is 2.11 bits per heavy atom. The topological polar surface area (TPSA) is 33.2 Å². The lowest BCUT2D eigenvalue weighted by atomic mass is 9.83. The number of amides is 1. The molecule has 0 radical (unpaired) electrons. The molecule has 1 aliphatic heterocycles. The normalized spacial score (nSPS) is 26.0. The maximum Gasteiger partial charge on any atom is 0.255 e. The molecule has 0 N–H and O–H groups in total. The van der Waals surface area contributed by atoms with Gasteiger partial charge in [0, 0.05) is 25.0 Å².